The highest BCUT2D eigenvalue weighted by Gasteiger charge is 2.52. The van der Waals surface area contributed by atoms with E-state index in [4.69, 9.17) is 0 Å². The van der Waals surface area contributed by atoms with Crippen molar-refractivity contribution in [2.45, 2.75) is 5.41 Å². The Balaban J connectivity index is 1.11. The fourth-order valence-electron chi connectivity index (χ4n) is 9.41. The summed E-state index contributed by atoms with van der Waals surface area (Å²) in [7, 11) is 0. The van der Waals surface area contributed by atoms with Gasteiger partial charge in [-0.1, -0.05) is 121 Å². The van der Waals surface area contributed by atoms with Gasteiger partial charge in [-0.15, -0.1) is 0 Å². The van der Waals surface area contributed by atoms with Gasteiger partial charge in [0, 0.05) is 35.9 Å². The van der Waals surface area contributed by atoms with Crippen LogP contribution in [0, 0.1) is 22.7 Å². The predicted molar refractivity (Wildman–Crippen MR) is 227 cm³/mol. The summed E-state index contributed by atoms with van der Waals surface area (Å²) in [6.45, 7) is 0. The van der Waals surface area contributed by atoms with Crippen LogP contribution < -0.4 is 0 Å². The molecule has 4 nitrogen and oxygen atoms in total. The predicted octanol–water partition coefficient (Wildman–Crippen LogP) is 12.4. The van der Waals surface area contributed by atoms with E-state index in [1.54, 1.807) is 12.4 Å². The number of pyridine rings is 2. The first-order chi connectivity index (χ1) is 28.1. The van der Waals surface area contributed by atoms with E-state index in [9.17, 15) is 10.5 Å². The Morgan fingerprint density at radius 2 is 0.860 bits per heavy atom. The van der Waals surface area contributed by atoms with Crippen LogP contribution in [0.1, 0.15) is 33.4 Å². The average molecular weight is 723 g/mol. The van der Waals surface area contributed by atoms with Gasteiger partial charge in [-0.05, 0) is 125 Å². The van der Waals surface area contributed by atoms with Crippen LogP contribution in [0.2, 0.25) is 0 Å². The number of nitriles is 2. The van der Waals surface area contributed by atoms with Gasteiger partial charge in [0.2, 0.25) is 0 Å². The van der Waals surface area contributed by atoms with Gasteiger partial charge in [0.1, 0.15) is 12.1 Å². The summed E-state index contributed by atoms with van der Waals surface area (Å²) in [5.41, 5.74) is 19.1. The fraction of sp³-hybridized carbons (Fsp3) is 0.0189. The number of hydrogen-bond acceptors (Lipinski definition) is 4. The molecule has 7 aromatic carbocycles. The summed E-state index contributed by atoms with van der Waals surface area (Å²) in [6.07, 6.45) is 6.82. The van der Waals surface area contributed by atoms with Crippen molar-refractivity contribution in [1.29, 1.82) is 10.5 Å². The summed E-state index contributed by atoms with van der Waals surface area (Å²) in [5, 5.41) is 21.4. The van der Waals surface area contributed by atoms with Crippen molar-refractivity contribution in [3.63, 3.8) is 0 Å². The normalized spacial score (nSPS) is 12.7. The third kappa shape index (κ3) is 4.85. The molecule has 2 aliphatic rings. The molecule has 262 valence electrons. The molecular weight excluding hydrogens is 693 g/mol. The molecule has 1 spiro atoms. The molecule has 0 N–H and O–H groups in total. The Morgan fingerprint density at radius 1 is 0.368 bits per heavy atom. The van der Waals surface area contributed by atoms with Crippen molar-refractivity contribution < 1.29 is 0 Å². The lowest BCUT2D eigenvalue weighted by Crippen LogP contribution is -2.26. The molecule has 57 heavy (non-hydrogen) atoms. The van der Waals surface area contributed by atoms with Crippen LogP contribution in [0.3, 0.4) is 0 Å². The molecule has 0 saturated heterocycles. The second kappa shape index (κ2) is 12.6. The van der Waals surface area contributed by atoms with Gasteiger partial charge >= 0.3 is 0 Å². The largest absolute Gasteiger partial charge is 0.263 e. The summed E-state index contributed by atoms with van der Waals surface area (Å²) < 4.78 is 0. The third-order valence-corrected chi connectivity index (χ3v) is 11.9. The van der Waals surface area contributed by atoms with Crippen molar-refractivity contribution in [3.8, 4) is 78.9 Å². The van der Waals surface area contributed by atoms with Crippen molar-refractivity contribution >= 4 is 10.8 Å². The topological polar surface area (TPSA) is 73.4 Å². The van der Waals surface area contributed by atoms with E-state index in [1.807, 2.05) is 24.5 Å². The van der Waals surface area contributed by atoms with Crippen LogP contribution >= 0.6 is 0 Å². The number of benzene rings is 7. The zero-order valence-corrected chi connectivity index (χ0v) is 30.6. The highest BCUT2D eigenvalue weighted by Crippen LogP contribution is 2.64. The first-order valence-corrected chi connectivity index (χ1v) is 19.0. The second-order valence-corrected chi connectivity index (χ2v) is 14.8. The molecule has 0 atom stereocenters. The molecule has 0 fully saturated rings. The van der Waals surface area contributed by atoms with Crippen molar-refractivity contribution in [2.24, 2.45) is 0 Å². The SMILES string of the molecule is N#Cc1cncc(-c2cccc(-c3ccc4c(c3)C3(c5ccccc5-c5ccccc53)c3c-4ccc4cc(-c5cccc(-c6cncc(C#N)c6)c5)ccc34)c2)c1. The number of fused-ring (bicyclic) bond motifs is 12. The van der Waals surface area contributed by atoms with E-state index in [0.29, 0.717) is 11.1 Å². The third-order valence-electron chi connectivity index (χ3n) is 11.9. The molecule has 4 heteroatoms. The fourth-order valence-corrected chi connectivity index (χ4v) is 9.41. The second-order valence-electron chi connectivity index (χ2n) is 14.8. The Labute approximate surface area is 330 Å². The maximum Gasteiger partial charge on any atom is 0.101 e. The molecule has 2 aliphatic carbocycles. The summed E-state index contributed by atoms with van der Waals surface area (Å²) in [5.74, 6) is 0. The lowest BCUT2D eigenvalue weighted by atomic mass is 9.69. The van der Waals surface area contributed by atoms with Crippen LogP contribution in [-0.2, 0) is 5.41 Å². The van der Waals surface area contributed by atoms with Crippen molar-refractivity contribution in [2.75, 3.05) is 0 Å². The molecule has 2 heterocycles. The number of aromatic nitrogens is 2. The monoisotopic (exact) mass is 722 g/mol. The minimum absolute atomic E-state index is 0.532. The van der Waals surface area contributed by atoms with E-state index in [1.165, 1.54) is 55.3 Å². The molecule has 0 aliphatic heterocycles. The quantitative estimate of drug-likeness (QED) is 0.181. The van der Waals surface area contributed by atoms with Gasteiger partial charge in [-0.25, -0.2) is 0 Å². The average Bonchev–Trinajstić information content (AvgIpc) is 3.76. The van der Waals surface area contributed by atoms with E-state index in [0.717, 1.165) is 44.5 Å². The summed E-state index contributed by atoms with van der Waals surface area (Å²) >= 11 is 0. The maximum atomic E-state index is 9.54. The molecule has 9 aromatic rings. The molecule has 2 aromatic heterocycles. The van der Waals surface area contributed by atoms with Gasteiger partial charge in [0.25, 0.3) is 0 Å². The van der Waals surface area contributed by atoms with Gasteiger partial charge in [-0.3, -0.25) is 9.97 Å². The van der Waals surface area contributed by atoms with Crippen LogP contribution in [-0.4, -0.2) is 9.97 Å². The van der Waals surface area contributed by atoms with Crippen molar-refractivity contribution in [1.82, 2.24) is 9.97 Å². The van der Waals surface area contributed by atoms with Crippen LogP contribution in [0.5, 0.6) is 0 Å². The number of nitrogens with zero attached hydrogens (tertiary/aromatic N) is 4. The Hall–Kier alpha value is -7.92. The standard InChI is InChI=1S/C53H30N4/c54-27-33-21-42(31-56-29-33)37-9-5-7-35(23-37)39-15-18-44-41(25-39)17-20-48-47-19-16-40(36-8-6-10-38(24-36)43-22-34(28-55)30-57-32-43)26-51(47)53(52(44)48)49-13-3-1-11-45(49)46-12-2-4-14-50(46)53/h1-26,29-32H. The minimum atomic E-state index is -0.532. The molecule has 0 saturated carbocycles. The zero-order chi connectivity index (χ0) is 38.1. The van der Waals surface area contributed by atoms with E-state index in [-0.39, 0.29) is 0 Å². The lowest BCUT2D eigenvalue weighted by Gasteiger charge is -2.31. The van der Waals surface area contributed by atoms with Crippen LogP contribution in [0.4, 0.5) is 0 Å². The number of rotatable bonds is 4. The lowest BCUT2D eigenvalue weighted by molar-refractivity contribution is 0.801. The van der Waals surface area contributed by atoms with Crippen molar-refractivity contribution in [3.05, 3.63) is 216 Å². The molecule has 11 rings (SSSR count). The van der Waals surface area contributed by atoms with E-state index >= 15 is 0 Å². The van der Waals surface area contributed by atoms with Crippen LogP contribution in [0.15, 0.2) is 183 Å². The highest BCUT2D eigenvalue weighted by molar-refractivity contribution is 6.05. The molecule has 0 radical (unpaired) electrons. The first-order valence-electron chi connectivity index (χ1n) is 19.0. The smallest absolute Gasteiger partial charge is 0.101 e. The van der Waals surface area contributed by atoms with Gasteiger partial charge in [-0.2, -0.15) is 10.5 Å². The molecular formula is C53H30N4. The minimum Gasteiger partial charge on any atom is -0.263 e. The number of hydrogen-bond donors (Lipinski definition) is 0. The molecule has 0 unspecified atom stereocenters. The van der Waals surface area contributed by atoms with E-state index in [2.05, 4.69) is 168 Å². The highest BCUT2D eigenvalue weighted by atomic mass is 14.6. The van der Waals surface area contributed by atoms with E-state index < -0.39 is 5.41 Å². The Morgan fingerprint density at radius 3 is 1.46 bits per heavy atom. The Kier molecular flexibility index (Phi) is 7.17. The first kappa shape index (κ1) is 32.5. The zero-order valence-electron chi connectivity index (χ0n) is 30.6. The van der Waals surface area contributed by atoms with Gasteiger partial charge in [0.15, 0.2) is 0 Å². The molecule has 0 bridgehead atoms. The Bertz CT molecular complexity index is 3190. The van der Waals surface area contributed by atoms with Gasteiger partial charge in [0.05, 0.1) is 16.5 Å². The summed E-state index contributed by atoms with van der Waals surface area (Å²) in [4.78, 5) is 8.63. The molecule has 0 amide bonds. The van der Waals surface area contributed by atoms with Gasteiger partial charge < -0.3 is 0 Å². The van der Waals surface area contributed by atoms with Crippen LogP contribution in [0.25, 0.3) is 77.5 Å². The maximum absolute atomic E-state index is 9.54. The summed E-state index contributed by atoms with van der Waals surface area (Å²) in [6, 6.07) is 61.5.